The molecule has 0 fully saturated rings. The second-order valence-electron chi connectivity index (χ2n) is 12.4. The fraction of sp³-hybridized carbons (Fsp3) is 0.114. The smallest absolute Gasteiger partial charge is 0.244 e. The molecule has 0 unspecified atom stereocenters. The predicted molar refractivity (Wildman–Crippen MR) is 217 cm³/mol. The number of benzene rings is 6. The summed E-state index contributed by atoms with van der Waals surface area (Å²) in [7, 11) is -2.39. The van der Waals surface area contributed by atoms with Gasteiger partial charge < -0.3 is 5.73 Å². The van der Waals surface area contributed by atoms with Gasteiger partial charge in [0.25, 0.3) is 0 Å². The molecule has 0 atom stereocenters. The van der Waals surface area contributed by atoms with E-state index in [9.17, 15) is 4.79 Å². The van der Waals surface area contributed by atoms with Gasteiger partial charge in [0.1, 0.15) is 0 Å². The monoisotopic (exact) mass is 693 g/mol. The van der Waals surface area contributed by atoms with Crippen molar-refractivity contribution in [2.75, 3.05) is 18.5 Å². The van der Waals surface area contributed by atoms with Crippen molar-refractivity contribution in [1.29, 1.82) is 0 Å². The maximum atomic E-state index is 13.0. The molecule has 244 valence electrons. The Morgan fingerprint density at radius 3 is 0.816 bits per heavy atom. The highest BCUT2D eigenvalue weighted by Crippen LogP contribution is 2.54. The van der Waals surface area contributed by atoms with Crippen LogP contribution in [-0.2, 0) is 4.79 Å². The number of hydrogen-bond donors (Lipinski definition) is 1. The standard InChI is InChI=1S/C44H42NOP3/c1-36(43(45)46)32-44(33-47(37-20-8-2-9-21-37)38-22-10-3-11-23-38,34-48(39-24-12-4-13-25-39)40-26-14-5-15-27-40)35-49(41-28-16-6-17-29-41)42-30-18-7-19-31-42/h2-31H,1,32-35H2,(H2,45,46). The maximum Gasteiger partial charge on any atom is 0.244 e. The van der Waals surface area contributed by atoms with Crippen molar-refractivity contribution in [3.63, 3.8) is 0 Å². The van der Waals surface area contributed by atoms with Crippen LogP contribution in [0.5, 0.6) is 0 Å². The quantitative estimate of drug-likeness (QED) is 0.0866. The highest BCUT2D eigenvalue weighted by atomic mass is 31.1. The van der Waals surface area contributed by atoms with Crippen LogP contribution in [0.3, 0.4) is 0 Å². The van der Waals surface area contributed by atoms with Gasteiger partial charge in [0.15, 0.2) is 0 Å². The number of amides is 1. The third kappa shape index (κ3) is 9.09. The van der Waals surface area contributed by atoms with Crippen LogP contribution in [0.1, 0.15) is 6.42 Å². The Bertz CT molecular complexity index is 1580. The molecule has 2 N–H and O–H groups in total. The van der Waals surface area contributed by atoms with E-state index in [0.717, 1.165) is 18.5 Å². The number of carbonyl (C=O) groups excluding carboxylic acids is 1. The first kappa shape index (κ1) is 34.7. The third-order valence-electron chi connectivity index (χ3n) is 8.82. The van der Waals surface area contributed by atoms with Crippen LogP contribution < -0.4 is 37.6 Å². The predicted octanol–water partition coefficient (Wildman–Crippen LogP) is 7.80. The number of primary amides is 1. The first-order chi connectivity index (χ1) is 24.0. The van der Waals surface area contributed by atoms with Gasteiger partial charge in [-0.3, -0.25) is 4.79 Å². The van der Waals surface area contributed by atoms with Gasteiger partial charge in [0, 0.05) is 5.57 Å². The number of rotatable bonds is 15. The van der Waals surface area contributed by atoms with Gasteiger partial charge in [0.05, 0.1) is 0 Å². The van der Waals surface area contributed by atoms with Gasteiger partial charge in [-0.25, -0.2) is 0 Å². The molecular weight excluding hydrogens is 651 g/mol. The molecule has 0 aromatic heterocycles. The Balaban J connectivity index is 1.59. The lowest BCUT2D eigenvalue weighted by atomic mass is 9.87. The first-order valence-electron chi connectivity index (χ1n) is 16.6. The van der Waals surface area contributed by atoms with Gasteiger partial charge in [-0.15, -0.1) is 0 Å². The zero-order valence-corrected chi connectivity index (χ0v) is 30.4. The summed E-state index contributed by atoms with van der Waals surface area (Å²) in [5.41, 5.74) is 6.26. The van der Waals surface area contributed by atoms with Crippen LogP contribution in [0.2, 0.25) is 0 Å². The molecule has 6 aromatic rings. The van der Waals surface area contributed by atoms with E-state index in [2.05, 4.69) is 189 Å². The molecule has 0 saturated carbocycles. The summed E-state index contributed by atoms with van der Waals surface area (Å²) in [5, 5.41) is 8.03. The largest absolute Gasteiger partial charge is 0.366 e. The van der Waals surface area contributed by atoms with Gasteiger partial charge >= 0.3 is 0 Å². The van der Waals surface area contributed by atoms with Gasteiger partial charge in [-0.2, -0.15) is 0 Å². The van der Waals surface area contributed by atoms with Crippen LogP contribution in [0, 0.1) is 5.41 Å². The van der Waals surface area contributed by atoms with Crippen LogP contribution in [0.25, 0.3) is 0 Å². The SMILES string of the molecule is C=C(CC(CP(c1ccccc1)c1ccccc1)(CP(c1ccccc1)c1ccccc1)CP(c1ccccc1)c1ccccc1)C(N)=O. The van der Waals surface area contributed by atoms with Gasteiger partial charge in [0.2, 0.25) is 5.91 Å². The van der Waals surface area contributed by atoms with E-state index in [1.165, 1.54) is 31.8 Å². The summed E-state index contributed by atoms with van der Waals surface area (Å²) in [6, 6.07) is 65.7. The summed E-state index contributed by atoms with van der Waals surface area (Å²) in [5.74, 6) is -0.416. The fourth-order valence-corrected chi connectivity index (χ4v) is 15.2. The van der Waals surface area contributed by atoms with E-state index in [1.807, 2.05) is 0 Å². The molecule has 2 nitrogen and oxygen atoms in total. The van der Waals surface area contributed by atoms with Crippen molar-refractivity contribution >= 4 is 61.5 Å². The number of nitrogens with two attached hydrogens (primary N) is 1. The molecule has 6 aromatic carbocycles. The van der Waals surface area contributed by atoms with Gasteiger partial charge in [-0.05, 0) is 85.9 Å². The molecule has 1 amide bonds. The van der Waals surface area contributed by atoms with Crippen molar-refractivity contribution in [2.45, 2.75) is 6.42 Å². The second-order valence-corrected chi connectivity index (χ2v) is 19.0. The maximum absolute atomic E-state index is 13.0. The normalized spacial score (nSPS) is 11.6. The molecular formula is C44H42NOP3. The zero-order valence-electron chi connectivity index (χ0n) is 27.7. The van der Waals surface area contributed by atoms with Crippen LogP contribution in [0.4, 0.5) is 0 Å². The van der Waals surface area contributed by atoms with Crippen molar-refractivity contribution < 1.29 is 4.79 Å². The summed E-state index contributed by atoms with van der Waals surface area (Å²) in [4.78, 5) is 13.0. The molecule has 49 heavy (non-hydrogen) atoms. The van der Waals surface area contributed by atoms with Crippen molar-refractivity contribution in [1.82, 2.24) is 0 Å². The topological polar surface area (TPSA) is 43.1 Å². The zero-order chi connectivity index (χ0) is 33.9. The number of carbonyl (C=O) groups is 1. The average molecular weight is 694 g/mol. The summed E-state index contributed by atoms with van der Waals surface area (Å²) >= 11 is 0. The lowest BCUT2D eigenvalue weighted by molar-refractivity contribution is -0.114. The lowest BCUT2D eigenvalue weighted by Crippen LogP contribution is -2.40. The van der Waals surface area contributed by atoms with Crippen LogP contribution in [0.15, 0.2) is 194 Å². The molecule has 0 aliphatic carbocycles. The van der Waals surface area contributed by atoms with Crippen molar-refractivity contribution in [3.05, 3.63) is 194 Å². The molecule has 0 aliphatic heterocycles. The molecule has 0 heterocycles. The second kappa shape index (κ2) is 17.0. The molecule has 5 heteroatoms. The third-order valence-corrected chi connectivity index (χ3v) is 17.3. The van der Waals surface area contributed by atoms with Crippen LogP contribution in [-0.4, -0.2) is 24.4 Å². The summed E-state index contributed by atoms with van der Waals surface area (Å²) in [6.45, 7) is 4.34. The Labute approximate surface area is 295 Å². The molecule has 0 aliphatic rings. The minimum absolute atomic E-state index is 0.321. The number of hydrogen-bond acceptors (Lipinski definition) is 1. The van der Waals surface area contributed by atoms with E-state index < -0.39 is 29.7 Å². The minimum atomic E-state index is -0.798. The molecule has 0 radical (unpaired) electrons. The Hall–Kier alpha value is -4.18. The summed E-state index contributed by atoms with van der Waals surface area (Å²) in [6.07, 6.45) is 3.25. The highest BCUT2D eigenvalue weighted by molar-refractivity contribution is 7.75. The van der Waals surface area contributed by atoms with Crippen molar-refractivity contribution in [3.8, 4) is 0 Å². The average Bonchev–Trinajstić information content (AvgIpc) is 3.17. The Kier molecular flexibility index (Phi) is 12.0. The molecule has 0 saturated heterocycles. The molecule has 0 bridgehead atoms. The van der Waals surface area contributed by atoms with Gasteiger partial charge in [-0.1, -0.05) is 189 Å². The first-order valence-corrected chi connectivity index (χ1v) is 21.2. The van der Waals surface area contributed by atoms with E-state index >= 15 is 0 Å². The fourth-order valence-electron chi connectivity index (χ4n) is 6.51. The van der Waals surface area contributed by atoms with E-state index in [0.29, 0.717) is 12.0 Å². The van der Waals surface area contributed by atoms with E-state index in [-0.39, 0.29) is 5.41 Å². The lowest BCUT2D eigenvalue weighted by Gasteiger charge is -2.43. The van der Waals surface area contributed by atoms with E-state index in [1.54, 1.807) is 0 Å². The van der Waals surface area contributed by atoms with Crippen molar-refractivity contribution in [2.24, 2.45) is 11.1 Å². The molecule has 0 spiro atoms. The highest BCUT2D eigenvalue weighted by Gasteiger charge is 2.41. The summed E-state index contributed by atoms with van der Waals surface area (Å²) < 4.78 is 0. The van der Waals surface area contributed by atoms with E-state index in [4.69, 9.17) is 5.73 Å². The Morgan fingerprint density at radius 1 is 0.429 bits per heavy atom. The molecule has 6 rings (SSSR count). The van der Waals surface area contributed by atoms with Crippen LogP contribution >= 0.6 is 23.8 Å². The minimum Gasteiger partial charge on any atom is -0.366 e. The Morgan fingerprint density at radius 2 is 0.633 bits per heavy atom.